The summed E-state index contributed by atoms with van der Waals surface area (Å²) in [4.78, 5) is 13.6. The van der Waals surface area contributed by atoms with E-state index < -0.39 is 0 Å². The molecule has 0 N–H and O–H groups in total. The van der Waals surface area contributed by atoms with Crippen LogP contribution in [0.5, 0.6) is 0 Å². The smallest absolute Gasteiger partial charge is 0.177 e. The first-order chi connectivity index (χ1) is 11.7. The maximum atomic E-state index is 4.69. The van der Waals surface area contributed by atoms with Gasteiger partial charge in [0.15, 0.2) is 15.8 Å². The lowest BCUT2D eigenvalue weighted by atomic mass is 10.2. The highest BCUT2D eigenvalue weighted by Crippen LogP contribution is 2.29. The summed E-state index contributed by atoms with van der Waals surface area (Å²) in [5.74, 6) is 1.50. The van der Waals surface area contributed by atoms with Crippen molar-refractivity contribution in [2.45, 2.75) is 23.9 Å². The molecule has 1 aromatic carbocycles. The Kier molecular flexibility index (Phi) is 4.03. The van der Waals surface area contributed by atoms with Crippen molar-refractivity contribution in [3.63, 3.8) is 0 Å². The van der Waals surface area contributed by atoms with E-state index in [2.05, 4.69) is 32.6 Å². The van der Waals surface area contributed by atoms with E-state index in [1.165, 1.54) is 0 Å². The molecule has 4 rings (SSSR count). The quantitative estimate of drug-likeness (QED) is 0.516. The summed E-state index contributed by atoms with van der Waals surface area (Å²) in [7, 11) is 0. The zero-order valence-electron chi connectivity index (χ0n) is 13.3. The van der Waals surface area contributed by atoms with E-state index in [0.29, 0.717) is 5.75 Å². The average Bonchev–Trinajstić information content (AvgIpc) is 3.25. The molecule has 24 heavy (non-hydrogen) atoms. The van der Waals surface area contributed by atoms with Gasteiger partial charge in [-0.15, -0.1) is 11.3 Å². The second-order valence-electron chi connectivity index (χ2n) is 5.40. The van der Waals surface area contributed by atoms with Gasteiger partial charge in [-0.1, -0.05) is 42.1 Å². The third-order valence-electron chi connectivity index (χ3n) is 3.63. The Labute approximate surface area is 147 Å². The van der Waals surface area contributed by atoms with E-state index in [0.717, 1.165) is 38.5 Å². The Morgan fingerprint density at radius 2 is 1.96 bits per heavy atom. The Balaban J connectivity index is 1.52. The first-order valence-electron chi connectivity index (χ1n) is 7.52. The maximum absolute atomic E-state index is 4.69. The van der Waals surface area contributed by atoms with Gasteiger partial charge >= 0.3 is 0 Å². The lowest BCUT2D eigenvalue weighted by molar-refractivity contribution is 0.868. The molecule has 0 aliphatic carbocycles. The number of benzene rings is 1. The summed E-state index contributed by atoms with van der Waals surface area (Å²) in [5, 5.41) is 6.66. The normalized spacial score (nSPS) is 11.2. The second kappa shape index (κ2) is 6.33. The predicted octanol–water partition coefficient (Wildman–Crippen LogP) is 4.16. The van der Waals surface area contributed by atoms with Gasteiger partial charge in [0.25, 0.3) is 0 Å². The summed E-state index contributed by atoms with van der Waals surface area (Å²) in [6, 6.07) is 10.2. The third-order valence-corrected chi connectivity index (χ3v) is 5.65. The Hall–Kier alpha value is -2.25. The standard InChI is InChI=1S/C17H15N5S2/c1-11-8-18-12(2)16-20-15(21-22(11)16)10-24-17-19-14(9-23-17)13-6-4-3-5-7-13/h3-9H,10H2,1-2H3. The first kappa shape index (κ1) is 15.3. The highest BCUT2D eigenvalue weighted by atomic mass is 32.2. The molecule has 0 unspecified atom stereocenters. The first-order valence-corrected chi connectivity index (χ1v) is 9.39. The highest BCUT2D eigenvalue weighted by molar-refractivity contribution is 8.00. The number of fused-ring (bicyclic) bond motifs is 1. The molecule has 5 nitrogen and oxygen atoms in total. The summed E-state index contributed by atoms with van der Waals surface area (Å²) in [6.45, 7) is 3.94. The van der Waals surface area contributed by atoms with Gasteiger partial charge in [0, 0.05) is 17.1 Å². The molecule has 7 heteroatoms. The Morgan fingerprint density at radius 1 is 1.12 bits per heavy atom. The van der Waals surface area contributed by atoms with Crippen LogP contribution < -0.4 is 0 Å². The maximum Gasteiger partial charge on any atom is 0.177 e. The van der Waals surface area contributed by atoms with Crippen LogP contribution in [0.25, 0.3) is 16.9 Å². The predicted molar refractivity (Wildman–Crippen MR) is 97.4 cm³/mol. The van der Waals surface area contributed by atoms with Crippen molar-refractivity contribution in [3.8, 4) is 11.3 Å². The number of thioether (sulfide) groups is 1. The molecular weight excluding hydrogens is 338 g/mol. The average molecular weight is 353 g/mol. The molecule has 0 amide bonds. The number of hydrogen-bond acceptors (Lipinski definition) is 6. The number of rotatable bonds is 4. The van der Waals surface area contributed by atoms with Gasteiger partial charge in [-0.2, -0.15) is 5.10 Å². The van der Waals surface area contributed by atoms with E-state index in [1.807, 2.05) is 42.8 Å². The highest BCUT2D eigenvalue weighted by Gasteiger charge is 2.11. The van der Waals surface area contributed by atoms with Crippen LogP contribution in [-0.2, 0) is 5.75 Å². The van der Waals surface area contributed by atoms with Crippen molar-refractivity contribution in [1.82, 2.24) is 24.6 Å². The van der Waals surface area contributed by atoms with Gasteiger partial charge in [0.05, 0.1) is 22.8 Å². The fraction of sp³-hybridized carbons (Fsp3) is 0.176. The van der Waals surface area contributed by atoms with E-state index in [-0.39, 0.29) is 0 Å². The Bertz CT molecular complexity index is 952. The molecule has 0 radical (unpaired) electrons. The van der Waals surface area contributed by atoms with E-state index in [9.17, 15) is 0 Å². The second-order valence-corrected chi connectivity index (χ2v) is 7.48. The van der Waals surface area contributed by atoms with Crippen LogP contribution in [0.3, 0.4) is 0 Å². The van der Waals surface area contributed by atoms with Crippen LogP contribution in [0.1, 0.15) is 17.2 Å². The SMILES string of the molecule is Cc1ncc(C)n2nc(CSc3nc(-c4ccccc4)cs3)nc12. The Morgan fingerprint density at radius 3 is 2.75 bits per heavy atom. The van der Waals surface area contributed by atoms with Gasteiger partial charge in [-0.25, -0.2) is 14.5 Å². The molecule has 0 aliphatic rings. The fourth-order valence-corrected chi connectivity index (χ4v) is 4.07. The van der Waals surface area contributed by atoms with E-state index in [1.54, 1.807) is 23.1 Å². The van der Waals surface area contributed by atoms with Crippen LogP contribution >= 0.6 is 23.1 Å². The molecule has 0 saturated carbocycles. The molecule has 0 saturated heterocycles. The summed E-state index contributed by atoms with van der Waals surface area (Å²) < 4.78 is 2.88. The van der Waals surface area contributed by atoms with Crippen LogP contribution in [0.4, 0.5) is 0 Å². The number of aromatic nitrogens is 5. The van der Waals surface area contributed by atoms with Gasteiger partial charge in [-0.05, 0) is 13.8 Å². The molecule has 120 valence electrons. The monoisotopic (exact) mass is 353 g/mol. The molecule has 3 aromatic heterocycles. The minimum atomic E-state index is 0.697. The van der Waals surface area contributed by atoms with Gasteiger partial charge in [-0.3, -0.25) is 4.98 Å². The van der Waals surface area contributed by atoms with Crippen LogP contribution in [0.15, 0.2) is 46.2 Å². The van der Waals surface area contributed by atoms with Crippen molar-refractivity contribution in [1.29, 1.82) is 0 Å². The number of aryl methyl sites for hydroxylation is 2. The minimum Gasteiger partial charge on any atom is -0.256 e. The molecule has 3 heterocycles. The van der Waals surface area contributed by atoms with Crippen molar-refractivity contribution in [2.24, 2.45) is 0 Å². The van der Waals surface area contributed by atoms with E-state index in [4.69, 9.17) is 4.98 Å². The van der Waals surface area contributed by atoms with Crippen molar-refractivity contribution >= 4 is 28.7 Å². The summed E-state index contributed by atoms with van der Waals surface area (Å²) >= 11 is 3.32. The molecule has 0 spiro atoms. The van der Waals surface area contributed by atoms with Crippen molar-refractivity contribution < 1.29 is 0 Å². The molecule has 0 bridgehead atoms. The molecule has 0 fully saturated rings. The molecule has 4 aromatic rings. The number of nitrogens with zero attached hydrogens (tertiary/aromatic N) is 5. The minimum absolute atomic E-state index is 0.697. The van der Waals surface area contributed by atoms with Gasteiger partial charge in [0.1, 0.15) is 0 Å². The fourth-order valence-electron chi connectivity index (χ4n) is 2.39. The summed E-state index contributed by atoms with van der Waals surface area (Å²) in [5.41, 5.74) is 4.87. The van der Waals surface area contributed by atoms with Crippen LogP contribution in [0, 0.1) is 13.8 Å². The van der Waals surface area contributed by atoms with Crippen molar-refractivity contribution in [2.75, 3.05) is 0 Å². The zero-order valence-corrected chi connectivity index (χ0v) is 14.9. The molecular formula is C17H15N5S2. The topological polar surface area (TPSA) is 56.0 Å². The van der Waals surface area contributed by atoms with Crippen LogP contribution in [-0.4, -0.2) is 24.6 Å². The number of thiazole rings is 1. The van der Waals surface area contributed by atoms with Gasteiger partial charge < -0.3 is 0 Å². The molecule has 0 aliphatic heterocycles. The van der Waals surface area contributed by atoms with Gasteiger partial charge in [0.2, 0.25) is 0 Å². The lowest BCUT2D eigenvalue weighted by Crippen LogP contribution is -1.97. The van der Waals surface area contributed by atoms with Crippen LogP contribution in [0.2, 0.25) is 0 Å². The zero-order chi connectivity index (χ0) is 16.5. The van der Waals surface area contributed by atoms with Crippen molar-refractivity contribution in [3.05, 3.63) is 59.1 Å². The third kappa shape index (κ3) is 2.92. The van der Waals surface area contributed by atoms with E-state index >= 15 is 0 Å². The number of hydrogen-bond donors (Lipinski definition) is 0. The largest absolute Gasteiger partial charge is 0.256 e. The lowest BCUT2D eigenvalue weighted by Gasteiger charge is -1.97. The summed E-state index contributed by atoms with van der Waals surface area (Å²) in [6.07, 6.45) is 1.82. The molecule has 0 atom stereocenters.